The molecule has 2 aromatic rings. The lowest BCUT2D eigenvalue weighted by Crippen LogP contribution is -2.29. The van der Waals surface area contributed by atoms with E-state index in [1.54, 1.807) is 0 Å². The van der Waals surface area contributed by atoms with E-state index in [1.807, 2.05) is 0 Å². The number of nitriles is 2. The van der Waals surface area contributed by atoms with Crippen molar-refractivity contribution in [1.82, 2.24) is 0 Å². The molecule has 2 heteroatoms. The van der Waals surface area contributed by atoms with Crippen LogP contribution in [0.2, 0.25) is 0 Å². The minimum Gasteiger partial charge on any atom is -0.198 e. The van der Waals surface area contributed by atoms with Crippen LogP contribution in [0.25, 0.3) is 0 Å². The lowest BCUT2D eigenvalue weighted by molar-refractivity contribution is 0.176. The normalized spacial score (nSPS) is 31.2. The van der Waals surface area contributed by atoms with Gasteiger partial charge in [0.15, 0.2) is 0 Å². The lowest BCUT2D eigenvalue weighted by Gasteiger charge is -2.38. The average molecular weight is 793 g/mol. The smallest absolute Gasteiger partial charge is 0.0689 e. The molecule has 0 spiro atoms. The molecule has 0 amide bonds. The first-order chi connectivity index (χ1) is 28.7. The molecule has 2 fully saturated rings. The number of rotatable bonds is 19. The van der Waals surface area contributed by atoms with Crippen molar-refractivity contribution in [3.05, 3.63) is 120 Å². The van der Waals surface area contributed by atoms with E-state index in [2.05, 4.69) is 149 Å². The molecule has 6 rings (SSSR count). The molecule has 4 aliphatic carbocycles. The summed E-state index contributed by atoms with van der Waals surface area (Å²) in [4.78, 5) is 0. The van der Waals surface area contributed by atoms with Crippen molar-refractivity contribution >= 4 is 0 Å². The quantitative estimate of drug-likeness (QED) is 0.105. The van der Waals surface area contributed by atoms with Gasteiger partial charge in [-0.15, -0.1) is 0 Å². The minimum absolute atomic E-state index is 0.0912. The summed E-state index contributed by atoms with van der Waals surface area (Å²) in [6.45, 7) is 9.22. The summed E-state index contributed by atoms with van der Waals surface area (Å²) in [7, 11) is 0. The van der Waals surface area contributed by atoms with Gasteiger partial charge < -0.3 is 0 Å². The molecule has 0 bridgehead atoms. The van der Waals surface area contributed by atoms with Crippen LogP contribution in [-0.4, -0.2) is 0 Å². The van der Waals surface area contributed by atoms with Crippen molar-refractivity contribution < 1.29 is 0 Å². The van der Waals surface area contributed by atoms with Crippen LogP contribution in [0, 0.1) is 56.2 Å². The Hall–Kier alpha value is -3.62. The predicted molar refractivity (Wildman–Crippen MR) is 252 cm³/mol. The third-order valence-electron chi connectivity index (χ3n) is 14.9. The summed E-state index contributed by atoms with van der Waals surface area (Å²) in [5, 5.41) is 20.1. The first-order valence-corrected chi connectivity index (χ1v) is 24.4. The van der Waals surface area contributed by atoms with Crippen LogP contribution in [0.4, 0.5) is 0 Å². The van der Waals surface area contributed by atoms with Gasteiger partial charge in [-0.25, -0.2) is 0 Å². The monoisotopic (exact) mass is 793 g/mol. The predicted octanol–water partition coefficient (Wildman–Crippen LogP) is 17.1. The van der Waals surface area contributed by atoms with Gasteiger partial charge in [-0.3, -0.25) is 0 Å². The number of allylic oxidation sites excluding steroid dienone is 8. The minimum atomic E-state index is -0.0924. The van der Waals surface area contributed by atoms with Gasteiger partial charge in [0, 0.05) is 22.7 Å². The standard InChI is InChI=1S/C29H41N.C28H39N/c1-3-4-5-6-10-17-28(21-22-29(24-30)18-11-12-25(2)23-29)19-15-27(16-20-28)26-13-8-7-9-14-26;1-3-4-5-9-16-27(20-21-28(23-29)17-10-11-24(2)22-28)18-14-26(15-19-27)25-12-7-6-8-13-25/h7-9,13-16,19-20,25,27H,3-6,10-12,17-18,21-23H2,1-2H3;6-8,12-15,18-19,24,26H,3-5,9-11,16-17,20-22H2,1-2H3. The van der Waals surface area contributed by atoms with Gasteiger partial charge in [0.05, 0.1) is 23.0 Å². The summed E-state index contributed by atoms with van der Waals surface area (Å²) in [5.41, 5.74) is 2.84. The molecule has 2 nitrogen and oxygen atoms in total. The molecule has 0 heterocycles. The second-order valence-corrected chi connectivity index (χ2v) is 19.9. The largest absolute Gasteiger partial charge is 0.198 e. The molecule has 4 unspecified atom stereocenters. The molecule has 4 aliphatic rings. The zero-order chi connectivity index (χ0) is 41.9. The Morgan fingerprint density at radius 3 is 1.22 bits per heavy atom. The van der Waals surface area contributed by atoms with Gasteiger partial charge in [0.25, 0.3) is 0 Å². The molecule has 4 atom stereocenters. The highest BCUT2D eigenvalue weighted by atomic mass is 14.5. The van der Waals surface area contributed by atoms with Crippen LogP contribution in [-0.2, 0) is 0 Å². The topological polar surface area (TPSA) is 47.6 Å². The van der Waals surface area contributed by atoms with Crippen molar-refractivity contribution in [1.29, 1.82) is 10.5 Å². The summed E-state index contributed by atoms with van der Waals surface area (Å²) in [6.07, 6.45) is 47.7. The van der Waals surface area contributed by atoms with E-state index in [1.165, 1.54) is 107 Å². The number of nitrogens with zero attached hydrogens (tertiary/aromatic N) is 2. The van der Waals surface area contributed by atoms with Crippen molar-refractivity contribution in [2.45, 2.75) is 187 Å². The van der Waals surface area contributed by atoms with Crippen LogP contribution in [0.3, 0.4) is 0 Å². The Labute approximate surface area is 362 Å². The van der Waals surface area contributed by atoms with E-state index in [9.17, 15) is 10.5 Å². The Morgan fingerprint density at radius 1 is 0.492 bits per heavy atom. The maximum atomic E-state index is 10.1. The summed E-state index contributed by atoms with van der Waals surface area (Å²) in [5.74, 6) is 2.17. The second-order valence-electron chi connectivity index (χ2n) is 19.9. The second kappa shape index (κ2) is 23.4. The molecular formula is C57H80N2. The summed E-state index contributed by atoms with van der Waals surface area (Å²) in [6, 6.07) is 27.1. The molecule has 59 heavy (non-hydrogen) atoms. The van der Waals surface area contributed by atoms with Gasteiger partial charge >= 0.3 is 0 Å². The molecule has 0 saturated heterocycles. The maximum absolute atomic E-state index is 10.1. The van der Waals surface area contributed by atoms with Crippen molar-refractivity contribution in [2.24, 2.45) is 33.5 Å². The SMILES string of the molecule is CCCCCCC1(CCC2(C#N)CCCC(C)C2)C=CC(c2ccccc2)C=C1.CCCCCCCC1(CCC2(C#N)CCCC(C)C2)C=CC(c2ccccc2)C=C1. The van der Waals surface area contributed by atoms with Gasteiger partial charge in [-0.1, -0.05) is 220 Å². The molecule has 2 saturated carbocycles. The fraction of sp³-hybridized carbons (Fsp3) is 0.614. The van der Waals surface area contributed by atoms with Crippen molar-refractivity contribution in [2.75, 3.05) is 0 Å². The first-order valence-electron chi connectivity index (χ1n) is 24.4. The van der Waals surface area contributed by atoms with Crippen LogP contribution in [0.1, 0.15) is 198 Å². The van der Waals surface area contributed by atoms with Gasteiger partial charge in [0.1, 0.15) is 0 Å². The highest BCUT2D eigenvalue weighted by molar-refractivity contribution is 5.35. The molecule has 2 aromatic carbocycles. The zero-order valence-corrected chi connectivity index (χ0v) is 37.9. The van der Waals surface area contributed by atoms with Crippen molar-refractivity contribution in [3.63, 3.8) is 0 Å². The summed E-state index contributed by atoms with van der Waals surface area (Å²) >= 11 is 0. The molecule has 0 N–H and O–H groups in total. The highest BCUT2D eigenvalue weighted by Gasteiger charge is 2.39. The first kappa shape index (κ1) is 46.4. The molecule has 318 valence electrons. The third kappa shape index (κ3) is 14.0. The van der Waals surface area contributed by atoms with E-state index in [4.69, 9.17) is 0 Å². The molecule has 0 aliphatic heterocycles. The van der Waals surface area contributed by atoms with E-state index in [0.717, 1.165) is 51.4 Å². The molecule has 0 aromatic heterocycles. The van der Waals surface area contributed by atoms with Gasteiger partial charge in [-0.2, -0.15) is 10.5 Å². The van der Waals surface area contributed by atoms with Gasteiger partial charge in [-0.05, 0) is 87.2 Å². The molecular weight excluding hydrogens is 713 g/mol. The maximum Gasteiger partial charge on any atom is 0.0689 e. The number of unbranched alkanes of at least 4 members (excludes halogenated alkanes) is 7. The van der Waals surface area contributed by atoms with Crippen LogP contribution in [0.5, 0.6) is 0 Å². The van der Waals surface area contributed by atoms with E-state index in [0.29, 0.717) is 23.7 Å². The van der Waals surface area contributed by atoms with Crippen LogP contribution in [0.15, 0.2) is 109 Å². The fourth-order valence-corrected chi connectivity index (χ4v) is 11.1. The highest BCUT2D eigenvalue weighted by Crippen LogP contribution is 2.49. The van der Waals surface area contributed by atoms with E-state index < -0.39 is 0 Å². The Bertz CT molecular complexity index is 1690. The zero-order valence-electron chi connectivity index (χ0n) is 37.9. The number of benzene rings is 2. The third-order valence-corrected chi connectivity index (χ3v) is 14.9. The van der Waals surface area contributed by atoms with E-state index in [-0.39, 0.29) is 21.7 Å². The van der Waals surface area contributed by atoms with Crippen molar-refractivity contribution in [3.8, 4) is 12.1 Å². The average Bonchev–Trinajstić information content (AvgIpc) is 3.28. The lowest BCUT2D eigenvalue weighted by atomic mass is 9.64. The van der Waals surface area contributed by atoms with Gasteiger partial charge in [0.2, 0.25) is 0 Å². The Morgan fingerprint density at radius 2 is 0.864 bits per heavy atom. The van der Waals surface area contributed by atoms with Crippen LogP contribution >= 0.6 is 0 Å². The number of hydrogen-bond acceptors (Lipinski definition) is 2. The number of hydrogen-bond donors (Lipinski definition) is 0. The van der Waals surface area contributed by atoms with Crippen LogP contribution < -0.4 is 0 Å². The van der Waals surface area contributed by atoms with E-state index >= 15 is 0 Å². The Kier molecular flexibility index (Phi) is 18.4. The summed E-state index contributed by atoms with van der Waals surface area (Å²) < 4.78 is 0. The fourth-order valence-electron chi connectivity index (χ4n) is 11.1. The molecule has 0 radical (unpaired) electrons. The Balaban J connectivity index is 0.000000224.